The van der Waals surface area contributed by atoms with E-state index in [4.69, 9.17) is 0 Å². The molecule has 3 aromatic rings. The number of benzene rings is 2. The van der Waals surface area contributed by atoms with E-state index >= 15 is 0 Å². The van der Waals surface area contributed by atoms with Gasteiger partial charge in [0.15, 0.2) is 0 Å². The van der Waals surface area contributed by atoms with Crippen molar-refractivity contribution < 1.29 is 4.79 Å². The highest BCUT2D eigenvalue weighted by Crippen LogP contribution is 2.23. The standard InChI is InChI=1S/C23H27N5O/c1-17-13-18(2)15-19(14-17)16-28(23(29)24-20-9-5-3-6-10-20)22-26-25-21-11-7-4-8-12-27(21)22/h3,5-6,9-10,13-15H,4,7-8,11-12,16H2,1-2H3,(H,24,29). The van der Waals surface area contributed by atoms with E-state index in [0.717, 1.165) is 42.9 Å². The molecule has 0 bridgehead atoms. The quantitative estimate of drug-likeness (QED) is 0.693. The fraction of sp³-hybridized carbons (Fsp3) is 0.348. The summed E-state index contributed by atoms with van der Waals surface area (Å²) in [6.07, 6.45) is 4.28. The molecule has 6 nitrogen and oxygen atoms in total. The zero-order valence-electron chi connectivity index (χ0n) is 17.1. The van der Waals surface area contributed by atoms with Crippen LogP contribution in [0.3, 0.4) is 0 Å². The van der Waals surface area contributed by atoms with Crippen LogP contribution in [0, 0.1) is 13.8 Å². The molecule has 1 aromatic heterocycles. The first-order valence-corrected chi connectivity index (χ1v) is 10.2. The molecule has 1 aliphatic heterocycles. The van der Waals surface area contributed by atoms with Gasteiger partial charge in [0.25, 0.3) is 0 Å². The summed E-state index contributed by atoms with van der Waals surface area (Å²) in [5.74, 6) is 1.59. The van der Waals surface area contributed by atoms with Gasteiger partial charge in [-0.3, -0.25) is 9.47 Å². The van der Waals surface area contributed by atoms with E-state index < -0.39 is 0 Å². The maximum Gasteiger partial charge on any atom is 0.329 e. The second-order valence-corrected chi connectivity index (χ2v) is 7.76. The molecule has 2 amide bonds. The van der Waals surface area contributed by atoms with E-state index in [1.54, 1.807) is 4.90 Å². The van der Waals surface area contributed by atoms with Gasteiger partial charge in [-0.25, -0.2) is 4.79 Å². The van der Waals surface area contributed by atoms with E-state index in [1.807, 2.05) is 30.3 Å². The molecule has 2 heterocycles. The van der Waals surface area contributed by atoms with Crippen LogP contribution in [0.15, 0.2) is 48.5 Å². The van der Waals surface area contributed by atoms with Crippen molar-refractivity contribution in [2.75, 3.05) is 10.2 Å². The average Bonchev–Trinajstić information content (AvgIpc) is 2.93. The van der Waals surface area contributed by atoms with Gasteiger partial charge in [-0.15, -0.1) is 10.2 Å². The molecule has 0 spiro atoms. The van der Waals surface area contributed by atoms with Gasteiger partial charge in [-0.2, -0.15) is 0 Å². The summed E-state index contributed by atoms with van der Waals surface area (Å²) in [5.41, 5.74) is 4.21. The third kappa shape index (κ3) is 4.47. The summed E-state index contributed by atoms with van der Waals surface area (Å²) >= 11 is 0. The minimum Gasteiger partial charge on any atom is -0.307 e. The maximum absolute atomic E-state index is 13.3. The van der Waals surface area contributed by atoms with E-state index in [2.05, 4.69) is 52.1 Å². The van der Waals surface area contributed by atoms with Gasteiger partial charge in [-0.1, -0.05) is 53.9 Å². The molecule has 150 valence electrons. The van der Waals surface area contributed by atoms with Crippen molar-refractivity contribution in [2.24, 2.45) is 0 Å². The summed E-state index contributed by atoms with van der Waals surface area (Å²) in [4.78, 5) is 15.0. The van der Waals surface area contributed by atoms with Crippen molar-refractivity contribution in [3.8, 4) is 0 Å². The van der Waals surface area contributed by atoms with Crippen molar-refractivity contribution in [1.82, 2.24) is 14.8 Å². The van der Waals surface area contributed by atoms with Gasteiger partial charge >= 0.3 is 6.03 Å². The van der Waals surface area contributed by atoms with Crippen molar-refractivity contribution in [1.29, 1.82) is 0 Å². The molecular weight excluding hydrogens is 362 g/mol. The van der Waals surface area contributed by atoms with Crippen LogP contribution in [0.5, 0.6) is 0 Å². The molecule has 0 unspecified atom stereocenters. The highest BCUT2D eigenvalue weighted by atomic mass is 16.2. The van der Waals surface area contributed by atoms with E-state index in [9.17, 15) is 4.79 Å². The lowest BCUT2D eigenvalue weighted by molar-refractivity contribution is 0.256. The Labute approximate surface area is 171 Å². The van der Waals surface area contributed by atoms with Crippen molar-refractivity contribution in [3.63, 3.8) is 0 Å². The van der Waals surface area contributed by atoms with Crippen LogP contribution in [0.1, 0.15) is 41.8 Å². The van der Waals surface area contributed by atoms with Crippen molar-refractivity contribution >= 4 is 17.7 Å². The smallest absolute Gasteiger partial charge is 0.307 e. The molecule has 0 aliphatic carbocycles. The number of para-hydroxylation sites is 1. The SMILES string of the molecule is Cc1cc(C)cc(CN(C(=O)Nc2ccccc2)c2nnc3n2CCCCC3)c1. The number of fused-ring (bicyclic) bond motifs is 1. The Morgan fingerprint density at radius 3 is 2.55 bits per heavy atom. The zero-order chi connectivity index (χ0) is 20.2. The molecule has 0 radical (unpaired) electrons. The number of aromatic nitrogens is 3. The van der Waals surface area contributed by atoms with Crippen LogP contribution in [0.25, 0.3) is 0 Å². The highest BCUT2D eigenvalue weighted by Gasteiger charge is 2.25. The predicted octanol–water partition coefficient (Wildman–Crippen LogP) is 4.86. The van der Waals surface area contributed by atoms with E-state index in [0.29, 0.717) is 12.5 Å². The van der Waals surface area contributed by atoms with Crippen LogP contribution in [-0.2, 0) is 19.5 Å². The third-order valence-electron chi connectivity index (χ3n) is 5.22. The number of anilines is 2. The summed E-state index contributed by atoms with van der Waals surface area (Å²) in [5, 5.41) is 11.8. The van der Waals surface area contributed by atoms with Gasteiger partial charge in [-0.05, 0) is 44.4 Å². The summed E-state index contributed by atoms with van der Waals surface area (Å²) in [6.45, 7) is 5.45. The lowest BCUT2D eigenvalue weighted by Crippen LogP contribution is -2.36. The number of carbonyl (C=O) groups excluding carboxylic acids is 1. The normalized spacial score (nSPS) is 13.4. The van der Waals surface area contributed by atoms with Crippen LogP contribution < -0.4 is 10.2 Å². The fourth-order valence-electron chi connectivity index (χ4n) is 3.96. The lowest BCUT2D eigenvalue weighted by Gasteiger charge is -2.23. The number of hydrogen-bond donors (Lipinski definition) is 1. The first-order chi connectivity index (χ1) is 14.1. The number of amides is 2. The van der Waals surface area contributed by atoms with Gasteiger partial charge in [0.2, 0.25) is 5.95 Å². The number of nitrogens with one attached hydrogen (secondary N) is 1. The van der Waals surface area contributed by atoms with Gasteiger partial charge in [0.05, 0.1) is 6.54 Å². The van der Waals surface area contributed by atoms with Crippen molar-refractivity contribution in [2.45, 2.75) is 52.6 Å². The topological polar surface area (TPSA) is 63.1 Å². The lowest BCUT2D eigenvalue weighted by atomic mass is 10.1. The van der Waals surface area contributed by atoms with Crippen LogP contribution in [0.4, 0.5) is 16.4 Å². The first-order valence-electron chi connectivity index (χ1n) is 10.2. The average molecular weight is 390 g/mol. The minimum atomic E-state index is -0.199. The molecule has 4 rings (SSSR count). The Bertz CT molecular complexity index is 976. The Morgan fingerprint density at radius 1 is 1.03 bits per heavy atom. The first kappa shape index (κ1) is 19.2. The van der Waals surface area contributed by atoms with Crippen LogP contribution >= 0.6 is 0 Å². The number of hydrogen-bond acceptors (Lipinski definition) is 3. The van der Waals surface area contributed by atoms with Crippen LogP contribution in [-0.4, -0.2) is 20.8 Å². The second kappa shape index (κ2) is 8.47. The third-order valence-corrected chi connectivity index (χ3v) is 5.22. The predicted molar refractivity (Wildman–Crippen MR) is 115 cm³/mol. The molecule has 0 saturated carbocycles. The fourth-order valence-corrected chi connectivity index (χ4v) is 3.96. The highest BCUT2D eigenvalue weighted by molar-refractivity contribution is 6.00. The number of carbonyl (C=O) groups is 1. The number of rotatable bonds is 4. The van der Waals surface area contributed by atoms with Crippen LogP contribution in [0.2, 0.25) is 0 Å². The Morgan fingerprint density at radius 2 is 1.79 bits per heavy atom. The molecule has 0 atom stereocenters. The largest absolute Gasteiger partial charge is 0.329 e. The molecule has 0 fully saturated rings. The van der Waals surface area contributed by atoms with Gasteiger partial charge in [0.1, 0.15) is 5.82 Å². The molecule has 29 heavy (non-hydrogen) atoms. The number of urea groups is 1. The van der Waals surface area contributed by atoms with Gasteiger partial charge in [0, 0.05) is 18.7 Å². The molecule has 1 N–H and O–H groups in total. The Balaban J connectivity index is 1.69. The minimum absolute atomic E-state index is 0.199. The van der Waals surface area contributed by atoms with Crippen molar-refractivity contribution in [3.05, 3.63) is 71.0 Å². The summed E-state index contributed by atoms with van der Waals surface area (Å²) < 4.78 is 2.11. The monoisotopic (exact) mass is 389 g/mol. The summed E-state index contributed by atoms with van der Waals surface area (Å²) in [7, 11) is 0. The van der Waals surface area contributed by atoms with Gasteiger partial charge < -0.3 is 5.32 Å². The molecular formula is C23H27N5O. The number of nitrogens with zero attached hydrogens (tertiary/aromatic N) is 4. The molecule has 0 saturated heterocycles. The molecule has 2 aromatic carbocycles. The molecule has 6 heteroatoms. The Hall–Kier alpha value is -3.15. The van der Waals surface area contributed by atoms with E-state index in [-0.39, 0.29) is 6.03 Å². The molecule has 1 aliphatic rings. The number of aryl methyl sites for hydroxylation is 3. The summed E-state index contributed by atoms with van der Waals surface area (Å²) in [6, 6.07) is 15.7. The van der Waals surface area contributed by atoms with E-state index in [1.165, 1.54) is 17.5 Å². The zero-order valence-corrected chi connectivity index (χ0v) is 17.1. The Kier molecular flexibility index (Phi) is 5.60. The maximum atomic E-state index is 13.3. The second-order valence-electron chi connectivity index (χ2n) is 7.76.